The molecule has 0 aromatic heterocycles. The Morgan fingerprint density at radius 2 is 1.43 bits per heavy atom. The largest absolute Gasteiger partial charge is 0.466 e. The van der Waals surface area contributed by atoms with Crippen LogP contribution in [0, 0.1) is 0 Å². The highest BCUT2D eigenvalue weighted by Gasteiger charge is 2.27. The fraction of sp³-hybridized carbons (Fsp3) is 0.833. The first-order valence-corrected chi connectivity index (χ1v) is 11.4. The maximum absolute atomic E-state index is 12.2. The molecule has 0 saturated carbocycles. The van der Waals surface area contributed by atoms with Crippen molar-refractivity contribution in [3.05, 3.63) is 0 Å². The number of rotatable bonds is 16. The average Bonchev–Trinajstić information content (AvgIpc) is 2.59. The molecule has 0 saturated heterocycles. The summed E-state index contributed by atoms with van der Waals surface area (Å²) in [5.41, 5.74) is 0. The summed E-state index contributed by atoms with van der Waals surface area (Å²) in [6.45, 7) is 4.44. The third-order valence-electron chi connectivity index (χ3n) is 3.81. The minimum atomic E-state index is -4.55. The van der Waals surface area contributed by atoms with Gasteiger partial charge in [-0.15, -0.1) is 0 Å². The number of ether oxygens (including phenoxy) is 2. The maximum atomic E-state index is 12.2. The summed E-state index contributed by atoms with van der Waals surface area (Å²) in [6, 6.07) is -1.37. The minimum absolute atomic E-state index is 0.134. The van der Waals surface area contributed by atoms with E-state index < -0.39 is 46.2 Å². The Morgan fingerprint density at radius 3 is 1.93 bits per heavy atom. The Morgan fingerprint density at radius 1 is 0.893 bits per heavy atom. The Balaban J connectivity index is 4.62. The van der Waals surface area contributed by atoms with Crippen LogP contribution in [0.2, 0.25) is 0 Å². The molecule has 1 atom stereocenters. The van der Waals surface area contributed by atoms with Crippen LogP contribution in [0.15, 0.2) is 0 Å². The summed E-state index contributed by atoms with van der Waals surface area (Å²) in [4.78, 5) is 35.8. The molecule has 0 aliphatic carbocycles. The van der Waals surface area contributed by atoms with Crippen LogP contribution in [0.4, 0.5) is 0 Å². The molecule has 0 fully saturated rings. The lowest BCUT2D eigenvalue weighted by Gasteiger charge is -2.17. The lowest BCUT2D eigenvalue weighted by molar-refractivity contribution is -0.153. The van der Waals surface area contributed by atoms with E-state index in [1.807, 2.05) is 6.92 Å². The second kappa shape index (κ2) is 15.3. The SMILES string of the molecule is CCCCCCOC(=O)CC(NC(=O)CS(=O)(=O)O)C(=O)OCCCCCC. The van der Waals surface area contributed by atoms with E-state index in [2.05, 4.69) is 12.2 Å². The number of amides is 1. The van der Waals surface area contributed by atoms with E-state index in [0.29, 0.717) is 12.8 Å². The lowest BCUT2D eigenvalue weighted by Crippen LogP contribution is -2.45. The highest BCUT2D eigenvalue weighted by atomic mass is 32.2. The van der Waals surface area contributed by atoms with Gasteiger partial charge in [-0.1, -0.05) is 52.4 Å². The van der Waals surface area contributed by atoms with Crippen molar-refractivity contribution in [2.75, 3.05) is 19.0 Å². The summed E-state index contributed by atoms with van der Waals surface area (Å²) in [5.74, 6) is -3.86. The number of carbonyl (C=O) groups is 3. The van der Waals surface area contributed by atoms with Crippen LogP contribution in [0.3, 0.4) is 0 Å². The van der Waals surface area contributed by atoms with Crippen molar-refractivity contribution in [2.24, 2.45) is 0 Å². The van der Waals surface area contributed by atoms with Crippen molar-refractivity contribution < 1.29 is 36.8 Å². The van der Waals surface area contributed by atoms with Gasteiger partial charge in [0.25, 0.3) is 10.1 Å². The van der Waals surface area contributed by atoms with E-state index in [0.717, 1.165) is 38.5 Å². The van der Waals surface area contributed by atoms with E-state index in [1.165, 1.54) is 0 Å². The van der Waals surface area contributed by atoms with Gasteiger partial charge in [-0.3, -0.25) is 14.1 Å². The number of hydrogen-bond donors (Lipinski definition) is 2. The van der Waals surface area contributed by atoms with Crippen LogP contribution in [0.5, 0.6) is 0 Å². The first-order chi connectivity index (χ1) is 13.2. The van der Waals surface area contributed by atoms with E-state index in [4.69, 9.17) is 14.0 Å². The number of hydrogen-bond acceptors (Lipinski definition) is 7. The summed E-state index contributed by atoms with van der Waals surface area (Å²) in [5, 5.41) is 2.11. The molecule has 164 valence electrons. The predicted octanol–water partition coefficient (Wildman–Crippen LogP) is 2.00. The van der Waals surface area contributed by atoms with Crippen molar-refractivity contribution in [3.8, 4) is 0 Å². The van der Waals surface area contributed by atoms with Gasteiger partial charge in [0.1, 0.15) is 6.04 Å². The average molecular weight is 424 g/mol. The third kappa shape index (κ3) is 15.4. The van der Waals surface area contributed by atoms with Crippen molar-refractivity contribution in [3.63, 3.8) is 0 Å². The van der Waals surface area contributed by atoms with Gasteiger partial charge in [-0.05, 0) is 12.8 Å². The molecule has 0 rings (SSSR count). The fourth-order valence-electron chi connectivity index (χ4n) is 2.34. The smallest absolute Gasteiger partial charge is 0.329 e. The van der Waals surface area contributed by atoms with E-state index in [9.17, 15) is 22.8 Å². The van der Waals surface area contributed by atoms with Crippen molar-refractivity contribution in [1.29, 1.82) is 0 Å². The van der Waals surface area contributed by atoms with Crippen LogP contribution in [0.25, 0.3) is 0 Å². The highest BCUT2D eigenvalue weighted by molar-refractivity contribution is 7.86. The molecule has 1 unspecified atom stereocenters. The summed E-state index contributed by atoms with van der Waals surface area (Å²) in [7, 11) is -4.55. The zero-order valence-electron chi connectivity index (χ0n) is 16.8. The van der Waals surface area contributed by atoms with Crippen LogP contribution < -0.4 is 5.32 Å². The van der Waals surface area contributed by atoms with Crippen molar-refractivity contribution in [2.45, 2.75) is 77.7 Å². The standard InChI is InChI=1S/C18H33NO8S/c1-3-5-7-9-11-26-17(21)13-15(19-16(20)14-28(23,24)25)18(22)27-12-10-8-6-4-2/h15H,3-14H2,1-2H3,(H,19,20)(H,23,24,25). The molecule has 0 aromatic carbocycles. The van der Waals surface area contributed by atoms with Gasteiger partial charge in [0, 0.05) is 0 Å². The lowest BCUT2D eigenvalue weighted by atomic mass is 10.2. The summed E-state index contributed by atoms with van der Waals surface area (Å²) in [6.07, 6.45) is 6.74. The summed E-state index contributed by atoms with van der Waals surface area (Å²) >= 11 is 0. The second-order valence-electron chi connectivity index (χ2n) is 6.56. The molecule has 0 aromatic rings. The van der Waals surface area contributed by atoms with E-state index in [1.54, 1.807) is 0 Å². The van der Waals surface area contributed by atoms with Gasteiger partial charge in [0.2, 0.25) is 5.91 Å². The molecule has 28 heavy (non-hydrogen) atoms. The van der Waals surface area contributed by atoms with Gasteiger partial charge in [0.05, 0.1) is 19.6 Å². The monoisotopic (exact) mass is 423 g/mol. The van der Waals surface area contributed by atoms with Crippen LogP contribution >= 0.6 is 0 Å². The molecule has 0 spiro atoms. The molecular weight excluding hydrogens is 390 g/mol. The first kappa shape index (κ1) is 26.3. The number of carbonyl (C=O) groups excluding carboxylic acids is 3. The molecule has 0 heterocycles. The quantitative estimate of drug-likeness (QED) is 0.218. The van der Waals surface area contributed by atoms with Crippen molar-refractivity contribution in [1.82, 2.24) is 5.32 Å². The Kier molecular flexibility index (Phi) is 14.4. The Hall–Kier alpha value is -1.68. The predicted molar refractivity (Wildman–Crippen MR) is 103 cm³/mol. The molecule has 2 N–H and O–H groups in total. The molecule has 0 radical (unpaired) electrons. The van der Waals surface area contributed by atoms with Gasteiger partial charge in [-0.25, -0.2) is 4.79 Å². The van der Waals surface area contributed by atoms with Crippen molar-refractivity contribution >= 4 is 28.0 Å². The molecule has 0 bridgehead atoms. The maximum Gasteiger partial charge on any atom is 0.329 e. The zero-order valence-corrected chi connectivity index (χ0v) is 17.6. The van der Waals surface area contributed by atoms with Gasteiger partial charge >= 0.3 is 11.9 Å². The Labute approximate surface area is 167 Å². The Bertz CT molecular complexity index is 576. The van der Waals surface area contributed by atoms with E-state index in [-0.39, 0.29) is 13.2 Å². The molecule has 10 heteroatoms. The summed E-state index contributed by atoms with van der Waals surface area (Å²) < 4.78 is 40.5. The van der Waals surface area contributed by atoms with Crippen LogP contribution in [0.1, 0.15) is 71.6 Å². The normalized spacial score (nSPS) is 12.2. The fourth-order valence-corrected chi connectivity index (χ4v) is 2.75. The number of unbranched alkanes of at least 4 members (excludes halogenated alkanes) is 6. The number of esters is 2. The van der Waals surface area contributed by atoms with Gasteiger partial charge < -0.3 is 14.8 Å². The van der Waals surface area contributed by atoms with Gasteiger partial charge in [-0.2, -0.15) is 8.42 Å². The molecule has 9 nitrogen and oxygen atoms in total. The molecule has 0 aliphatic heterocycles. The van der Waals surface area contributed by atoms with Crippen LogP contribution in [-0.2, 0) is 34.0 Å². The van der Waals surface area contributed by atoms with Crippen LogP contribution in [-0.4, -0.2) is 55.8 Å². The first-order valence-electron chi connectivity index (χ1n) is 9.76. The molecule has 1 amide bonds. The third-order valence-corrected chi connectivity index (χ3v) is 4.43. The van der Waals surface area contributed by atoms with Gasteiger partial charge in [0.15, 0.2) is 5.75 Å². The molecule has 0 aliphatic rings. The topological polar surface area (TPSA) is 136 Å². The number of nitrogens with one attached hydrogen (secondary N) is 1. The van der Waals surface area contributed by atoms with E-state index >= 15 is 0 Å². The second-order valence-corrected chi connectivity index (χ2v) is 8.01. The minimum Gasteiger partial charge on any atom is -0.466 e. The zero-order chi connectivity index (χ0) is 21.4. The highest BCUT2D eigenvalue weighted by Crippen LogP contribution is 2.05. The molecular formula is C18H33NO8S.